The summed E-state index contributed by atoms with van der Waals surface area (Å²) < 4.78 is 42.1. The molecule has 102 valence electrons. The summed E-state index contributed by atoms with van der Waals surface area (Å²) in [6, 6.07) is 3.25. The van der Waals surface area contributed by atoms with Crippen LogP contribution in [0.4, 0.5) is 10.1 Å². The summed E-state index contributed by atoms with van der Waals surface area (Å²) in [5, 5.41) is 0. The van der Waals surface area contributed by atoms with Crippen molar-refractivity contribution in [1.82, 2.24) is 0 Å². The first-order chi connectivity index (χ1) is 8.12. The number of halogens is 1. The van der Waals surface area contributed by atoms with E-state index in [4.69, 9.17) is 10.5 Å². The fraction of sp³-hybridized carbons (Fsp3) is 0.500. The van der Waals surface area contributed by atoms with Crippen LogP contribution in [0.15, 0.2) is 23.1 Å². The largest absolute Gasteiger partial charge is 0.398 e. The maximum Gasteiger partial charge on any atom is 0.182 e. The molecule has 4 nitrogen and oxygen atoms in total. The molecule has 0 amide bonds. The van der Waals surface area contributed by atoms with Gasteiger partial charge in [0.2, 0.25) is 0 Å². The number of ether oxygens (including phenoxy) is 1. The third-order valence-electron chi connectivity index (χ3n) is 2.19. The van der Waals surface area contributed by atoms with Crippen LogP contribution in [0.5, 0.6) is 0 Å². The van der Waals surface area contributed by atoms with Crippen molar-refractivity contribution in [3.05, 3.63) is 24.0 Å². The van der Waals surface area contributed by atoms with E-state index in [9.17, 15) is 12.8 Å². The van der Waals surface area contributed by atoms with E-state index in [-0.39, 0.29) is 22.9 Å². The van der Waals surface area contributed by atoms with Gasteiger partial charge in [0.05, 0.1) is 28.5 Å². The maximum atomic E-state index is 12.8. The Bertz CT molecular complexity index is 521. The molecule has 0 bridgehead atoms. The standard InChI is InChI=1S/C12H18FNO3S/c1-12(2,3)17-6-7-18(15,16)11-5-4-9(13)8-10(11)14/h4-5,8H,6-7,14H2,1-3H3. The Balaban J connectivity index is 2.81. The molecule has 1 aromatic rings. The first-order valence-electron chi connectivity index (χ1n) is 5.53. The molecule has 0 unspecified atom stereocenters. The van der Waals surface area contributed by atoms with Gasteiger partial charge in [-0.25, -0.2) is 12.8 Å². The van der Waals surface area contributed by atoms with Gasteiger partial charge in [-0.3, -0.25) is 0 Å². The molecular weight excluding hydrogens is 257 g/mol. The van der Waals surface area contributed by atoms with Crippen LogP contribution in [0.3, 0.4) is 0 Å². The molecule has 0 aromatic heterocycles. The second kappa shape index (κ2) is 5.24. The summed E-state index contributed by atoms with van der Waals surface area (Å²) in [6.07, 6.45) is 0. The highest BCUT2D eigenvalue weighted by molar-refractivity contribution is 7.91. The summed E-state index contributed by atoms with van der Waals surface area (Å²) >= 11 is 0. The average molecular weight is 275 g/mol. The molecule has 18 heavy (non-hydrogen) atoms. The quantitative estimate of drug-likeness (QED) is 0.674. The molecule has 0 aliphatic carbocycles. The predicted molar refractivity (Wildman–Crippen MR) is 68.6 cm³/mol. The van der Waals surface area contributed by atoms with Crippen LogP contribution in [0.1, 0.15) is 20.8 Å². The van der Waals surface area contributed by atoms with Crippen LogP contribution in [0.2, 0.25) is 0 Å². The molecule has 1 aromatic carbocycles. The minimum Gasteiger partial charge on any atom is -0.398 e. The number of benzene rings is 1. The zero-order chi connectivity index (χ0) is 14.0. The van der Waals surface area contributed by atoms with Gasteiger partial charge < -0.3 is 10.5 Å². The smallest absolute Gasteiger partial charge is 0.182 e. The Morgan fingerprint density at radius 2 is 1.94 bits per heavy atom. The minimum absolute atomic E-state index is 0.0543. The molecule has 0 radical (unpaired) electrons. The zero-order valence-electron chi connectivity index (χ0n) is 10.7. The van der Waals surface area contributed by atoms with Gasteiger partial charge in [0, 0.05) is 0 Å². The van der Waals surface area contributed by atoms with E-state index in [0.29, 0.717) is 0 Å². The maximum absolute atomic E-state index is 12.8. The highest BCUT2D eigenvalue weighted by atomic mass is 32.2. The molecule has 1 rings (SSSR count). The fourth-order valence-electron chi connectivity index (χ4n) is 1.37. The van der Waals surface area contributed by atoms with Gasteiger partial charge in [0.25, 0.3) is 0 Å². The summed E-state index contributed by atoms with van der Waals surface area (Å²) in [5.41, 5.74) is 5.03. The summed E-state index contributed by atoms with van der Waals surface area (Å²) in [7, 11) is -3.55. The van der Waals surface area contributed by atoms with Crippen LogP contribution in [-0.2, 0) is 14.6 Å². The SMILES string of the molecule is CC(C)(C)OCCS(=O)(=O)c1ccc(F)cc1N. The van der Waals surface area contributed by atoms with Crippen molar-refractivity contribution in [2.45, 2.75) is 31.3 Å². The summed E-state index contributed by atoms with van der Waals surface area (Å²) in [6.45, 7) is 5.59. The van der Waals surface area contributed by atoms with Gasteiger partial charge in [0.15, 0.2) is 9.84 Å². The molecule has 0 saturated heterocycles. The van der Waals surface area contributed by atoms with Crippen LogP contribution in [0, 0.1) is 5.82 Å². The number of anilines is 1. The van der Waals surface area contributed by atoms with Crippen molar-refractivity contribution < 1.29 is 17.5 Å². The fourth-order valence-corrected chi connectivity index (χ4v) is 2.59. The first kappa shape index (κ1) is 14.9. The topological polar surface area (TPSA) is 69.4 Å². The molecule has 0 saturated carbocycles. The summed E-state index contributed by atoms with van der Waals surface area (Å²) in [5.74, 6) is -0.738. The van der Waals surface area contributed by atoms with Crippen molar-refractivity contribution in [3.8, 4) is 0 Å². The molecule has 0 fully saturated rings. The van der Waals surface area contributed by atoms with E-state index < -0.39 is 21.3 Å². The van der Waals surface area contributed by atoms with E-state index in [1.165, 1.54) is 6.07 Å². The molecule has 0 aliphatic rings. The number of nitrogens with two attached hydrogens (primary N) is 1. The predicted octanol–water partition coefficient (Wildman–Crippen LogP) is 2.00. The number of sulfone groups is 1. The third kappa shape index (κ3) is 4.27. The lowest BCUT2D eigenvalue weighted by molar-refractivity contribution is 0.00645. The van der Waals surface area contributed by atoms with Gasteiger partial charge in [-0.15, -0.1) is 0 Å². The molecule has 0 atom stereocenters. The lowest BCUT2D eigenvalue weighted by Crippen LogP contribution is -2.24. The van der Waals surface area contributed by atoms with E-state index in [2.05, 4.69) is 0 Å². The molecule has 0 heterocycles. The van der Waals surface area contributed by atoms with Crippen LogP contribution in [0.25, 0.3) is 0 Å². The van der Waals surface area contributed by atoms with Crippen molar-refractivity contribution in [2.75, 3.05) is 18.1 Å². The Hall–Kier alpha value is -1.14. The normalized spacial score (nSPS) is 12.7. The lowest BCUT2D eigenvalue weighted by Gasteiger charge is -2.19. The Morgan fingerprint density at radius 1 is 1.33 bits per heavy atom. The highest BCUT2D eigenvalue weighted by Crippen LogP contribution is 2.20. The van der Waals surface area contributed by atoms with Crippen molar-refractivity contribution >= 4 is 15.5 Å². The monoisotopic (exact) mass is 275 g/mol. The zero-order valence-corrected chi connectivity index (χ0v) is 11.6. The second-order valence-electron chi connectivity index (χ2n) is 4.96. The second-order valence-corrected chi connectivity index (χ2v) is 7.04. The van der Waals surface area contributed by atoms with Gasteiger partial charge >= 0.3 is 0 Å². The average Bonchev–Trinajstić information content (AvgIpc) is 2.13. The van der Waals surface area contributed by atoms with Crippen molar-refractivity contribution in [1.29, 1.82) is 0 Å². The van der Waals surface area contributed by atoms with Gasteiger partial charge in [-0.2, -0.15) is 0 Å². The molecule has 0 aliphatic heterocycles. The van der Waals surface area contributed by atoms with E-state index in [0.717, 1.165) is 12.1 Å². The lowest BCUT2D eigenvalue weighted by atomic mass is 10.2. The molecule has 2 N–H and O–H groups in total. The number of hydrogen-bond acceptors (Lipinski definition) is 4. The van der Waals surface area contributed by atoms with E-state index in [1.54, 1.807) is 0 Å². The van der Waals surface area contributed by atoms with Gasteiger partial charge in [-0.05, 0) is 39.0 Å². The number of rotatable bonds is 4. The first-order valence-corrected chi connectivity index (χ1v) is 7.19. The highest BCUT2D eigenvalue weighted by Gasteiger charge is 2.19. The number of hydrogen-bond donors (Lipinski definition) is 1. The molecule has 6 heteroatoms. The van der Waals surface area contributed by atoms with Crippen molar-refractivity contribution in [2.24, 2.45) is 0 Å². The Labute approximate surface area is 107 Å². The summed E-state index contributed by atoms with van der Waals surface area (Å²) in [4.78, 5) is -0.0543. The minimum atomic E-state index is -3.55. The third-order valence-corrected chi connectivity index (χ3v) is 3.94. The van der Waals surface area contributed by atoms with Gasteiger partial charge in [-0.1, -0.05) is 0 Å². The van der Waals surface area contributed by atoms with Crippen LogP contribution in [-0.4, -0.2) is 26.4 Å². The molecular formula is C12H18FNO3S. The Kier molecular flexibility index (Phi) is 4.34. The van der Waals surface area contributed by atoms with Crippen LogP contribution >= 0.6 is 0 Å². The van der Waals surface area contributed by atoms with Gasteiger partial charge in [0.1, 0.15) is 5.82 Å². The van der Waals surface area contributed by atoms with Crippen molar-refractivity contribution in [3.63, 3.8) is 0 Å². The molecule has 0 spiro atoms. The number of nitrogen functional groups attached to an aromatic ring is 1. The Morgan fingerprint density at radius 3 is 2.44 bits per heavy atom. The van der Waals surface area contributed by atoms with E-state index in [1.807, 2.05) is 20.8 Å². The van der Waals surface area contributed by atoms with E-state index >= 15 is 0 Å². The van der Waals surface area contributed by atoms with Crippen LogP contribution < -0.4 is 5.73 Å².